The molecule has 0 aliphatic carbocycles. The molecular formula is C12H13N3. The molecule has 2 aromatic rings. The highest BCUT2D eigenvalue weighted by Gasteiger charge is 2.05. The van der Waals surface area contributed by atoms with Crippen LogP contribution in [0.15, 0.2) is 36.5 Å². The van der Waals surface area contributed by atoms with Crippen molar-refractivity contribution in [3.63, 3.8) is 0 Å². The molecule has 0 saturated heterocycles. The summed E-state index contributed by atoms with van der Waals surface area (Å²) in [6.45, 7) is 2.06. The van der Waals surface area contributed by atoms with Crippen molar-refractivity contribution in [2.45, 2.75) is 13.3 Å². The lowest BCUT2D eigenvalue weighted by molar-refractivity contribution is 1.01. The predicted molar refractivity (Wildman–Crippen MR) is 61.3 cm³/mol. The summed E-state index contributed by atoms with van der Waals surface area (Å²) >= 11 is 0. The van der Waals surface area contributed by atoms with Crippen LogP contribution in [0.2, 0.25) is 0 Å². The number of anilines is 1. The second kappa shape index (κ2) is 4.09. The smallest absolute Gasteiger partial charge is 0.220 e. The van der Waals surface area contributed by atoms with Crippen LogP contribution in [0.3, 0.4) is 0 Å². The quantitative estimate of drug-likeness (QED) is 0.807. The summed E-state index contributed by atoms with van der Waals surface area (Å²) in [5, 5.41) is 0. The Kier molecular flexibility index (Phi) is 2.63. The van der Waals surface area contributed by atoms with Gasteiger partial charge in [-0.2, -0.15) is 0 Å². The molecule has 0 saturated carbocycles. The van der Waals surface area contributed by atoms with Gasteiger partial charge >= 0.3 is 0 Å². The van der Waals surface area contributed by atoms with E-state index in [0.717, 1.165) is 23.2 Å². The number of aromatic nitrogens is 2. The Labute approximate surface area is 89.0 Å². The van der Waals surface area contributed by atoms with Crippen LogP contribution in [0.25, 0.3) is 11.1 Å². The van der Waals surface area contributed by atoms with Gasteiger partial charge < -0.3 is 5.73 Å². The molecule has 0 aliphatic heterocycles. The van der Waals surface area contributed by atoms with Gasteiger partial charge in [-0.1, -0.05) is 37.3 Å². The number of rotatable bonds is 2. The number of nitrogens with zero attached hydrogens (tertiary/aromatic N) is 2. The van der Waals surface area contributed by atoms with Crippen molar-refractivity contribution in [2.75, 3.05) is 5.73 Å². The summed E-state index contributed by atoms with van der Waals surface area (Å²) in [4.78, 5) is 8.27. The van der Waals surface area contributed by atoms with Gasteiger partial charge in [-0.25, -0.2) is 9.97 Å². The van der Waals surface area contributed by atoms with Crippen LogP contribution in [0.1, 0.15) is 12.6 Å². The average Bonchev–Trinajstić information content (AvgIpc) is 2.30. The Balaban J connectivity index is 2.53. The molecule has 0 bridgehead atoms. The van der Waals surface area contributed by atoms with Crippen LogP contribution in [-0.2, 0) is 6.42 Å². The third-order valence-corrected chi connectivity index (χ3v) is 2.31. The Morgan fingerprint density at radius 1 is 1.20 bits per heavy atom. The topological polar surface area (TPSA) is 51.8 Å². The SMILES string of the molecule is CCc1nc(N)ncc1-c1ccccc1. The Hall–Kier alpha value is -1.90. The lowest BCUT2D eigenvalue weighted by atomic mass is 10.0. The molecule has 1 aromatic carbocycles. The maximum Gasteiger partial charge on any atom is 0.220 e. The first-order valence-electron chi connectivity index (χ1n) is 4.98. The van der Waals surface area contributed by atoms with Crippen molar-refractivity contribution < 1.29 is 0 Å². The van der Waals surface area contributed by atoms with Gasteiger partial charge in [0.25, 0.3) is 0 Å². The summed E-state index contributed by atoms with van der Waals surface area (Å²) < 4.78 is 0. The predicted octanol–water partition coefficient (Wildman–Crippen LogP) is 2.29. The highest BCUT2D eigenvalue weighted by Crippen LogP contribution is 2.21. The van der Waals surface area contributed by atoms with Crippen LogP contribution in [0.4, 0.5) is 5.95 Å². The van der Waals surface area contributed by atoms with E-state index < -0.39 is 0 Å². The van der Waals surface area contributed by atoms with E-state index in [4.69, 9.17) is 5.73 Å². The second-order valence-electron chi connectivity index (χ2n) is 3.31. The van der Waals surface area contributed by atoms with Gasteiger partial charge in [0, 0.05) is 11.8 Å². The zero-order valence-corrected chi connectivity index (χ0v) is 8.64. The molecule has 3 nitrogen and oxygen atoms in total. The van der Waals surface area contributed by atoms with Crippen molar-refractivity contribution in [3.8, 4) is 11.1 Å². The fraction of sp³-hybridized carbons (Fsp3) is 0.167. The molecule has 2 rings (SSSR count). The highest BCUT2D eigenvalue weighted by atomic mass is 15.0. The number of aryl methyl sites for hydroxylation is 1. The minimum atomic E-state index is 0.339. The molecule has 2 N–H and O–H groups in total. The molecule has 3 heteroatoms. The fourth-order valence-corrected chi connectivity index (χ4v) is 1.56. The van der Waals surface area contributed by atoms with Crippen LogP contribution in [-0.4, -0.2) is 9.97 Å². The van der Waals surface area contributed by atoms with Gasteiger partial charge in [0.1, 0.15) is 0 Å². The van der Waals surface area contributed by atoms with E-state index in [2.05, 4.69) is 16.9 Å². The summed E-state index contributed by atoms with van der Waals surface area (Å²) in [5.74, 6) is 0.339. The number of nitrogen functional groups attached to an aromatic ring is 1. The van der Waals surface area contributed by atoms with Crippen molar-refractivity contribution in [3.05, 3.63) is 42.2 Å². The van der Waals surface area contributed by atoms with E-state index in [1.165, 1.54) is 0 Å². The van der Waals surface area contributed by atoms with Gasteiger partial charge in [0.05, 0.1) is 5.69 Å². The maximum absolute atomic E-state index is 5.56. The van der Waals surface area contributed by atoms with Crippen LogP contribution >= 0.6 is 0 Å². The van der Waals surface area contributed by atoms with Crippen molar-refractivity contribution in [1.29, 1.82) is 0 Å². The first kappa shape index (κ1) is 9.65. The maximum atomic E-state index is 5.56. The van der Waals surface area contributed by atoms with Crippen molar-refractivity contribution >= 4 is 5.95 Å². The van der Waals surface area contributed by atoms with Crippen LogP contribution in [0, 0.1) is 0 Å². The monoisotopic (exact) mass is 199 g/mol. The first-order chi connectivity index (χ1) is 7.31. The zero-order chi connectivity index (χ0) is 10.7. The molecule has 0 radical (unpaired) electrons. The van der Waals surface area contributed by atoms with Crippen molar-refractivity contribution in [1.82, 2.24) is 9.97 Å². The van der Waals surface area contributed by atoms with Crippen LogP contribution in [0.5, 0.6) is 0 Å². The molecule has 0 aliphatic rings. The van der Waals surface area contributed by atoms with Crippen molar-refractivity contribution in [2.24, 2.45) is 0 Å². The minimum absolute atomic E-state index is 0.339. The number of hydrogen-bond donors (Lipinski definition) is 1. The normalized spacial score (nSPS) is 10.2. The lowest BCUT2D eigenvalue weighted by Crippen LogP contribution is -2.00. The first-order valence-corrected chi connectivity index (χ1v) is 4.98. The molecule has 0 spiro atoms. The molecule has 76 valence electrons. The Morgan fingerprint density at radius 3 is 2.60 bits per heavy atom. The highest BCUT2D eigenvalue weighted by molar-refractivity contribution is 5.65. The van der Waals surface area contributed by atoms with Gasteiger partial charge in [-0.05, 0) is 12.0 Å². The summed E-state index contributed by atoms with van der Waals surface area (Å²) in [6, 6.07) is 10.1. The van der Waals surface area contributed by atoms with Gasteiger partial charge in [0.2, 0.25) is 5.95 Å². The van der Waals surface area contributed by atoms with E-state index in [1.807, 2.05) is 30.3 Å². The molecule has 1 aromatic heterocycles. The number of nitrogens with two attached hydrogens (primary N) is 1. The molecule has 15 heavy (non-hydrogen) atoms. The van der Waals surface area contributed by atoms with E-state index in [1.54, 1.807) is 6.20 Å². The molecule has 0 amide bonds. The second-order valence-corrected chi connectivity index (χ2v) is 3.31. The number of benzene rings is 1. The summed E-state index contributed by atoms with van der Waals surface area (Å²) in [7, 11) is 0. The lowest BCUT2D eigenvalue weighted by Gasteiger charge is -2.06. The minimum Gasteiger partial charge on any atom is -0.368 e. The largest absolute Gasteiger partial charge is 0.368 e. The zero-order valence-electron chi connectivity index (χ0n) is 8.64. The molecule has 0 atom stereocenters. The standard InChI is InChI=1S/C12H13N3/c1-2-11-10(8-14-12(13)15-11)9-6-4-3-5-7-9/h3-8H,2H2,1H3,(H2,13,14,15). The van der Waals surface area contributed by atoms with E-state index in [9.17, 15) is 0 Å². The number of hydrogen-bond acceptors (Lipinski definition) is 3. The van der Waals surface area contributed by atoms with E-state index >= 15 is 0 Å². The van der Waals surface area contributed by atoms with Crippen LogP contribution < -0.4 is 5.73 Å². The Bertz CT molecular complexity index is 452. The molecule has 1 heterocycles. The molecular weight excluding hydrogens is 186 g/mol. The van der Waals surface area contributed by atoms with Gasteiger partial charge in [0.15, 0.2) is 0 Å². The van der Waals surface area contributed by atoms with E-state index in [0.29, 0.717) is 5.95 Å². The Morgan fingerprint density at radius 2 is 1.93 bits per heavy atom. The summed E-state index contributed by atoms with van der Waals surface area (Å²) in [5.41, 5.74) is 8.75. The third kappa shape index (κ3) is 1.96. The van der Waals surface area contributed by atoms with E-state index in [-0.39, 0.29) is 0 Å². The van der Waals surface area contributed by atoms with Gasteiger partial charge in [-0.15, -0.1) is 0 Å². The summed E-state index contributed by atoms with van der Waals surface area (Å²) in [6.07, 6.45) is 2.65. The fourth-order valence-electron chi connectivity index (χ4n) is 1.56. The average molecular weight is 199 g/mol. The van der Waals surface area contributed by atoms with Gasteiger partial charge in [-0.3, -0.25) is 0 Å². The third-order valence-electron chi connectivity index (χ3n) is 2.31. The molecule has 0 unspecified atom stereocenters. The molecule has 0 fully saturated rings.